The van der Waals surface area contributed by atoms with Crippen molar-refractivity contribution in [3.05, 3.63) is 0 Å². The van der Waals surface area contributed by atoms with E-state index in [9.17, 15) is 14.4 Å². The van der Waals surface area contributed by atoms with Gasteiger partial charge in [-0.3, -0.25) is 9.59 Å². The molecule has 2 N–H and O–H groups in total. The molecule has 0 aromatic heterocycles. The van der Waals surface area contributed by atoms with Crippen molar-refractivity contribution in [2.75, 3.05) is 13.6 Å². The molecule has 1 heterocycles. The predicted molar refractivity (Wildman–Crippen MR) is 66.4 cm³/mol. The third-order valence-corrected chi connectivity index (χ3v) is 2.78. The van der Waals surface area contributed by atoms with Crippen LogP contribution >= 0.6 is 0 Å². The van der Waals surface area contributed by atoms with E-state index in [0.29, 0.717) is 12.8 Å². The molecular formula is C12H20N2O5. The van der Waals surface area contributed by atoms with Crippen LogP contribution in [-0.4, -0.2) is 59.6 Å². The number of aliphatic carboxylic acids is 1. The van der Waals surface area contributed by atoms with Gasteiger partial charge in [0.05, 0.1) is 6.54 Å². The Morgan fingerprint density at radius 3 is 2.37 bits per heavy atom. The fourth-order valence-electron chi connectivity index (χ4n) is 1.91. The number of ether oxygens (including phenoxy) is 1. The summed E-state index contributed by atoms with van der Waals surface area (Å²) >= 11 is 0. The lowest BCUT2D eigenvalue weighted by Gasteiger charge is -2.21. The minimum Gasteiger partial charge on any atom is -0.479 e. The molecule has 1 saturated heterocycles. The van der Waals surface area contributed by atoms with Crippen LogP contribution in [0.4, 0.5) is 0 Å². The summed E-state index contributed by atoms with van der Waals surface area (Å²) in [7, 11) is 1.50. The van der Waals surface area contributed by atoms with Gasteiger partial charge in [0, 0.05) is 13.1 Å². The first-order valence-corrected chi connectivity index (χ1v) is 6.24. The quantitative estimate of drug-likeness (QED) is 0.710. The zero-order chi connectivity index (χ0) is 14.6. The summed E-state index contributed by atoms with van der Waals surface area (Å²) in [6.45, 7) is 3.60. The summed E-state index contributed by atoms with van der Waals surface area (Å²) in [5.74, 6) is -1.67. The molecule has 0 aromatic rings. The molecule has 2 atom stereocenters. The molecule has 0 aromatic carbocycles. The highest BCUT2D eigenvalue weighted by molar-refractivity contribution is 5.87. The number of hydrogen-bond donors (Lipinski definition) is 2. The van der Waals surface area contributed by atoms with Crippen LogP contribution in [0.15, 0.2) is 0 Å². The lowest BCUT2D eigenvalue weighted by atomic mass is 10.2. The number of carboxylic acid groups (broad SMARTS) is 1. The van der Waals surface area contributed by atoms with Crippen LogP contribution in [0, 0.1) is 0 Å². The molecule has 2 amide bonds. The zero-order valence-corrected chi connectivity index (χ0v) is 11.4. The maximum atomic E-state index is 12.0. The highest BCUT2D eigenvalue weighted by atomic mass is 16.5. The molecule has 0 spiro atoms. The molecule has 0 aliphatic carbocycles. The molecule has 0 saturated carbocycles. The normalized spacial score (nSPS) is 22.3. The number of amides is 2. The van der Waals surface area contributed by atoms with Crippen LogP contribution in [0.25, 0.3) is 0 Å². The van der Waals surface area contributed by atoms with Gasteiger partial charge in [0.15, 0.2) is 6.10 Å². The molecule has 7 heteroatoms. The van der Waals surface area contributed by atoms with E-state index in [1.807, 2.05) is 13.8 Å². The van der Waals surface area contributed by atoms with Crippen LogP contribution in [0.3, 0.4) is 0 Å². The lowest BCUT2D eigenvalue weighted by Crippen LogP contribution is -2.44. The number of rotatable bonds is 5. The maximum Gasteiger partial charge on any atom is 0.332 e. The Morgan fingerprint density at radius 1 is 1.32 bits per heavy atom. The molecule has 1 rings (SSSR count). The van der Waals surface area contributed by atoms with Gasteiger partial charge in [-0.15, -0.1) is 0 Å². The second kappa shape index (κ2) is 6.51. The van der Waals surface area contributed by atoms with Gasteiger partial charge in [0.25, 0.3) is 5.91 Å². The molecule has 0 bridgehead atoms. The second-order valence-electron chi connectivity index (χ2n) is 4.95. The first-order chi connectivity index (χ1) is 8.81. The Hall–Kier alpha value is -1.63. The fraction of sp³-hybridized carbons (Fsp3) is 0.750. The van der Waals surface area contributed by atoms with Crippen molar-refractivity contribution in [2.24, 2.45) is 0 Å². The van der Waals surface area contributed by atoms with Crippen molar-refractivity contribution in [3.63, 3.8) is 0 Å². The predicted octanol–water partition coefficient (Wildman–Crippen LogP) is -0.398. The minimum atomic E-state index is -1.06. The van der Waals surface area contributed by atoms with Crippen LogP contribution in [0.1, 0.15) is 26.7 Å². The van der Waals surface area contributed by atoms with Crippen LogP contribution in [0.2, 0.25) is 0 Å². The van der Waals surface area contributed by atoms with Crippen molar-refractivity contribution < 1.29 is 24.2 Å². The first kappa shape index (κ1) is 15.4. The van der Waals surface area contributed by atoms with Gasteiger partial charge in [-0.1, -0.05) is 0 Å². The van der Waals surface area contributed by atoms with E-state index >= 15 is 0 Å². The maximum absolute atomic E-state index is 12.0. The van der Waals surface area contributed by atoms with E-state index in [1.54, 1.807) is 0 Å². The number of carbonyl (C=O) groups excluding carboxylic acids is 2. The van der Waals surface area contributed by atoms with Gasteiger partial charge in [0.1, 0.15) is 6.10 Å². The summed E-state index contributed by atoms with van der Waals surface area (Å²) in [5, 5.41) is 11.5. The van der Waals surface area contributed by atoms with Crippen molar-refractivity contribution >= 4 is 17.8 Å². The van der Waals surface area contributed by atoms with E-state index in [1.165, 1.54) is 11.9 Å². The van der Waals surface area contributed by atoms with E-state index < -0.39 is 18.2 Å². The van der Waals surface area contributed by atoms with E-state index in [0.717, 1.165) is 0 Å². The number of nitrogens with zero attached hydrogens (tertiary/aromatic N) is 1. The number of carboxylic acids is 1. The molecule has 19 heavy (non-hydrogen) atoms. The summed E-state index contributed by atoms with van der Waals surface area (Å²) in [5.41, 5.74) is 0. The summed E-state index contributed by atoms with van der Waals surface area (Å²) in [6.07, 6.45) is -1.01. The lowest BCUT2D eigenvalue weighted by molar-refractivity contribution is -0.155. The molecular weight excluding hydrogens is 252 g/mol. The molecule has 7 nitrogen and oxygen atoms in total. The number of hydrogen-bond acceptors (Lipinski definition) is 4. The SMILES string of the molecule is CC(C)NC(=O)CN(C)C(=O)C1CCC(C(=O)O)O1. The van der Waals surface area contributed by atoms with E-state index in [4.69, 9.17) is 9.84 Å². The number of nitrogens with one attached hydrogen (secondary N) is 1. The van der Waals surface area contributed by atoms with Crippen LogP contribution in [-0.2, 0) is 19.1 Å². The highest BCUT2D eigenvalue weighted by Gasteiger charge is 2.36. The smallest absolute Gasteiger partial charge is 0.332 e. The number of likely N-dealkylation sites (N-methyl/N-ethyl adjacent to an activating group) is 1. The van der Waals surface area contributed by atoms with Gasteiger partial charge in [-0.25, -0.2) is 4.79 Å². The Kier molecular flexibility index (Phi) is 5.29. The molecule has 1 aliphatic heterocycles. The van der Waals surface area contributed by atoms with Crippen molar-refractivity contribution in [3.8, 4) is 0 Å². The zero-order valence-electron chi connectivity index (χ0n) is 11.4. The molecule has 108 valence electrons. The average Bonchev–Trinajstić information content (AvgIpc) is 2.75. The topological polar surface area (TPSA) is 95.9 Å². The molecule has 0 radical (unpaired) electrons. The summed E-state index contributed by atoms with van der Waals surface area (Å²) in [4.78, 5) is 35.5. The number of carbonyl (C=O) groups is 3. The molecule has 2 unspecified atom stereocenters. The van der Waals surface area contributed by atoms with Crippen molar-refractivity contribution in [1.82, 2.24) is 10.2 Å². The average molecular weight is 272 g/mol. The van der Waals surface area contributed by atoms with Gasteiger partial charge in [-0.05, 0) is 26.7 Å². The largest absolute Gasteiger partial charge is 0.479 e. The minimum absolute atomic E-state index is 0.00937. The molecule has 1 fully saturated rings. The van der Waals surface area contributed by atoms with Gasteiger partial charge in [-0.2, -0.15) is 0 Å². The summed E-state index contributed by atoms with van der Waals surface area (Å²) < 4.78 is 5.15. The van der Waals surface area contributed by atoms with Gasteiger partial charge < -0.3 is 20.1 Å². The summed E-state index contributed by atoms with van der Waals surface area (Å²) in [6, 6.07) is 0.00937. The third-order valence-electron chi connectivity index (χ3n) is 2.78. The third kappa shape index (κ3) is 4.51. The Morgan fingerprint density at radius 2 is 1.89 bits per heavy atom. The fourth-order valence-corrected chi connectivity index (χ4v) is 1.91. The Balaban J connectivity index is 2.45. The monoisotopic (exact) mass is 272 g/mol. The molecule has 1 aliphatic rings. The van der Waals surface area contributed by atoms with Crippen LogP contribution in [0.5, 0.6) is 0 Å². The standard InChI is InChI=1S/C12H20N2O5/c1-7(2)13-10(15)6-14(3)11(16)8-4-5-9(19-8)12(17)18/h7-9H,4-6H2,1-3H3,(H,13,15)(H,17,18). The van der Waals surface area contributed by atoms with Gasteiger partial charge in [0.2, 0.25) is 5.91 Å². The highest BCUT2D eigenvalue weighted by Crippen LogP contribution is 2.21. The van der Waals surface area contributed by atoms with Gasteiger partial charge >= 0.3 is 5.97 Å². The Labute approximate surface area is 111 Å². The second-order valence-corrected chi connectivity index (χ2v) is 4.95. The first-order valence-electron chi connectivity index (χ1n) is 6.24. The van der Waals surface area contributed by atoms with E-state index in [-0.39, 0.29) is 24.4 Å². The van der Waals surface area contributed by atoms with E-state index in [2.05, 4.69) is 5.32 Å². The van der Waals surface area contributed by atoms with Crippen molar-refractivity contribution in [2.45, 2.75) is 44.9 Å². The van der Waals surface area contributed by atoms with Crippen molar-refractivity contribution in [1.29, 1.82) is 0 Å². The van der Waals surface area contributed by atoms with Crippen LogP contribution < -0.4 is 5.32 Å². The Bertz CT molecular complexity index is 369.